The number of nitriles is 2. The van der Waals surface area contributed by atoms with Crippen molar-refractivity contribution < 1.29 is 0 Å². The molecule has 0 aliphatic heterocycles. The molecule has 0 saturated carbocycles. The zero-order valence-electron chi connectivity index (χ0n) is 8.39. The van der Waals surface area contributed by atoms with Gasteiger partial charge in [0.05, 0.1) is 11.6 Å². The van der Waals surface area contributed by atoms with Gasteiger partial charge < -0.3 is 5.32 Å². The summed E-state index contributed by atoms with van der Waals surface area (Å²) in [6.07, 6.45) is 1.55. The molecule has 0 unspecified atom stereocenters. The van der Waals surface area contributed by atoms with Crippen molar-refractivity contribution in [2.45, 2.75) is 39.7 Å². The first-order valence-electron chi connectivity index (χ1n) is 4.45. The van der Waals surface area contributed by atoms with Gasteiger partial charge in [-0.05, 0) is 20.3 Å². The molecular weight excluding hydrogens is 162 g/mol. The lowest BCUT2D eigenvalue weighted by Crippen LogP contribution is -2.22. The molecule has 13 heavy (non-hydrogen) atoms. The Morgan fingerprint density at radius 1 is 1.31 bits per heavy atom. The van der Waals surface area contributed by atoms with E-state index in [4.69, 9.17) is 10.5 Å². The van der Waals surface area contributed by atoms with Crippen molar-refractivity contribution in [3.8, 4) is 12.1 Å². The summed E-state index contributed by atoms with van der Waals surface area (Å²) >= 11 is 0. The lowest BCUT2D eigenvalue weighted by molar-refractivity contribution is 0.675. The van der Waals surface area contributed by atoms with E-state index in [0.717, 1.165) is 6.42 Å². The number of nitrogens with zero attached hydrogens (tertiary/aromatic N) is 2. The Morgan fingerprint density at radius 2 is 1.92 bits per heavy atom. The van der Waals surface area contributed by atoms with Crippen LogP contribution in [0.3, 0.4) is 0 Å². The molecule has 0 rings (SSSR count). The summed E-state index contributed by atoms with van der Waals surface area (Å²) in [5.74, 6) is 0. The third-order valence-corrected chi connectivity index (χ3v) is 1.48. The van der Waals surface area contributed by atoms with Gasteiger partial charge in [-0.2, -0.15) is 10.5 Å². The van der Waals surface area contributed by atoms with Gasteiger partial charge in [0, 0.05) is 6.04 Å². The molecule has 3 heteroatoms. The van der Waals surface area contributed by atoms with Crippen molar-refractivity contribution in [1.29, 1.82) is 10.5 Å². The third-order valence-electron chi connectivity index (χ3n) is 1.48. The van der Waals surface area contributed by atoms with Gasteiger partial charge in [0.25, 0.3) is 0 Å². The van der Waals surface area contributed by atoms with Crippen molar-refractivity contribution in [1.82, 2.24) is 5.32 Å². The molecule has 0 aliphatic carbocycles. The number of rotatable bonds is 4. The second-order valence-electron chi connectivity index (χ2n) is 3.13. The Labute approximate surface area is 79.7 Å². The first-order valence-corrected chi connectivity index (χ1v) is 4.45. The summed E-state index contributed by atoms with van der Waals surface area (Å²) in [6.45, 7) is 5.87. The fourth-order valence-corrected chi connectivity index (χ4v) is 0.962. The maximum Gasteiger partial charge on any atom is 0.127 e. The highest BCUT2D eigenvalue weighted by atomic mass is 14.9. The Kier molecular flexibility index (Phi) is 5.39. The summed E-state index contributed by atoms with van der Waals surface area (Å²) in [4.78, 5) is 0. The number of hydrogen-bond donors (Lipinski definition) is 1. The van der Waals surface area contributed by atoms with Crippen LogP contribution in [0.2, 0.25) is 0 Å². The van der Waals surface area contributed by atoms with Crippen LogP contribution in [-0.4, -0.2) is 6.04 Å². The van der Waals surface area contributed by atoms with Crippen molar-refractivity contribution in [2.75, 3.05) is 0 Å². The molecule has 0 aromatic carbocycles. The van der Waals surface area contributed by atoms with Gasteiger partial charge in [-0.3, -0.25) is 0 Å². The van der Waals surface area contributed by atoms with E-state index in [2.05, 4.69) is 11.4 Å². The van der Waals surface area contributed by atoms with Crippen molar-refractivity contribution in [3.63, 3.8) is 0 Å². The summed E-state index contributed by atoms with van der Waals surface area (Å²) in [6, 6.07) is 4.26. The smallest absolute Gasteiger partial charge is 0.127 e. The number of allylic oxidation sites excluding steroid dienone is 2. The molecule has 0 aromatic rings. The Hall–Kier alpha value is -1.48. The van der Waals surface area contributed by atoms with E-state index in [0.29, 0.717) is 17.7 Å². The summed E-state index contributed by atoms with van der Waals surface area (Å²) in [5.41, 5.74) is 0.970. The van der Waals surface area contributed by atoms with Crippen molar-refractivity contribution in [3.05, 3.63) is 11.3 Å². The lowest BCUT2D eigenvalue weighted by atomic mass is 10.1. The van der Waals surface area contributed by atoms with Crippen molar-refractivity contribution in [2.24, 2.45) is 0 Å². The minimum Gasteiger partial charge on any atom is -0.374 e. The second kappa shape index (κ2) is 6.08. The standard InChI is InChI=1S/C10H15N3/c1-4-5-9(6-11)10(7-12)13-8(2)3/h8,13H,4-5H2,1-3H3/b10-9+. The van der Waals surface area contributed by atoms with Crippen LogP contribution >= 0.6 is 0 Å². The molecule has 0 aliphatic rings. The minimum atomic E-state index is 0.190. The highest BCUT2D eigenvalue weighted by Gasteiger charge is 2.05. The van der Waals surface area contributed by atoms with Gasteiger partial charge in [0.15, 0.2) is 0 Å². The van der Waals surface area contributed by atoms with E-state index < -0.39 is 0 Å². The highest BCUT2D eigenvalue weighted by Crippen LogP contribution is 2.08. The molecule has 0 radical (unpaired) electrons. The molecule has 0 saturated heterocycles. The van der Waals surface area contributed by atoms with Crippen LogP contribution in [0.4, 0.5) is 0 Å². The van der Waals surface area contributed by atoms with Crippen LogP contribution in [0, 0.1) is 22.7 Å². The molecule has 0 heterocycles. The van der Waals surface area contributed by atoms with Gasteiger partial charge >= 0.3 is 0 Å². The molecule has 0 fully saturated rings. The normalized spacial score (nSPS) is 11.5. The topological polar surface area (TPSA) is 59.6 Å². The quantitative estimate of drug-likeness (QED) is 0.669. The zero-order valence-corrected chi connectivity index (χ0v) is 8.39. The van der Waals surface area contributed by atoms with E-state index in [9.17, 15) is 0 Å². The van der Waals surface area contributed by atoms with E-state index in [-0.39, 0.29) is 6.04 Å². The molecule has 0 spiro atoms. The maximum absolute atomic E-state index is 8.78. The molecule has 0 atom stereocenters. The molecule has 70 valence electrons. The largest absolute Gasteiger partial charge is 0.374 e. The van der Waals surface area contributed by atoms with Gasteiger partial charge in [0.2, 0.25) is 0 Å². The Bertz CT molecular complexity index is 263. The average molecular weight is 177 g/mol. The Morgan fingerprint density at radius 3 is 2.23 bits per heavy atom. The Balaban J connectivity index is 4.67. The fourth-order valence-electron chi connectivity index (χ4n) is 0.962. The lowest BCUT2D eigenvalue weighted by Gasteiger charge is -2.09. The summed E-state index contributed by atoms with van der Waals surface area (Å²) in [5, 5.41) is 20.5. The first-order chi connectivity index (χ1) is 6.15. The number of hydrogen-bond acceptors (Lipinski definition) is 3. The summed E-state index contributed by atoms with van der Waals surface area (Å²) in [7, 11) is 0. The van der Waals surface area contributed by atoms with E-state index >= 15 is 0 Å². The zero-order chi connectivity index (χ0) is 10.3. The molecule has 0 bridgehead atoms. The van der Waals surface area contributed by atoms with E-state index in [1.165, 1.54) is 0 Å². The van der Waals surface area contributed by atoms with Crippen LogP contribution in [0.25, 0.3) is 0 Å². The third kappa shape index (κ3) is 4.18. The van der Waals surface area contributed by atoms with Crippen molar-refractivity contribution >= 4 is 0 Å². The van der Waals surface area contributed by atoms with Crippen LogP contribution in [0.5, 0.6) is 0 Å². The molecule has 1 N–H and O–H groups in total. The monoisotopic (exact) mass is 177 g/mol. The van der Waals surface area contributed by atoms with Gasteiger partial charge in [-0.15, -0.1) is 0 Å². The second-order valence-corrected chi connectivity index (χ2v) is 3.13. The molecular formula is C10H15N3. The van der Waals surface area contributed by atoms with Crippen LogP contribution in [0.15, 0.2) is 11.3 Å². The number of nitrogens with one attached hydrogen (secondary N) is 1. The molecule has 3 nitrogen and oxygen atoms in total. The predicted octanol–water partition coefficient (Wildman–Crippen LogP) is 2.09. The van der Waals surface area contributed by atoms with Gasteiger partial charge in [0.1, 0.15) is 11.8 Å². The molecule has 0 aromatic heterocycles. The fraction of sp³-hybridized carbons (Fsp3) is 0.600. The van der Waals surface area contributed by atoms with Crippen LogP contribution in [-0.2, 0) is 0 Å². The predicted molar refractivity (Wildman–Crippen MR) is 51.4 cm³/mol. The SMILES string of the molecule is CCC/C(C#N)=C(/C#N)NC(C)C. The van der Waals surface area contributed by atoms with Gasteiger partial charge in [-0.1, -0.05) is 13.3 Å². The average Bonchev–Trinajstić information content (AvgIpc) is 2.10. The maximum atomic E-state index is 8.78. The molecule has 0 amide bonds. The highest BCUT2D eigenvalue weighted by molar-refractivity contribution is 5.35. The van der Waals surface area contributed by atoms with E-state index in [1.807, 2.05) is 26.8 Å². The van der Waals surface area contributed by atoms with E-state index in [1.54, 1.807) is 0 Å². The van der Waals surface area contributed by atoms with Gasteiger partial charge in [-0.25, -0.2) is 0 Å². The van der Waals surface area contributed by atoms with Crippen LogP contribution < -0.4 is 5.32 Å². The minimum absolute atomic E-state index is 0.190. The first kappa shape index (κ1) is 11.5. The van der Waals surface area contributed by atoms with Crippen LogP contribution in [0.1, 0.15) is 33.6 Å². The summed E-state index contributed by atoms with van der Waals surface area (Å²) < 4.78 is 0.